The van der Waals surface area contributed by atoms with Crippen molar-refractivity contribution in [1.29, 1.82) is 0 Å². The van der Waals surface area contributed by atoms with Crippen LogP contribution in [0.2, 0.25) is 0 Å². The van der Waals surface area contributed by atoms with Crippen LogP contribution in [0.1, 0.15) is 42.6 Å². The van der Waals surface area contributed by atoms with Crippen LogP contribution in [0, 0.1) is 0 Å². The van der Waals surface area contributed by atoms with Gasteiger partial charge in [-0.2, -0.15) is 0 Å². The molecule has 1 unspecified atom stereocenters. The monoisotopic (exact) mass is 322 g/mol. The highest BCUT2D eigenvalue weighted by Crippen LogP contribution is 2.16. The first-order valence-electron chi connectivity index (χ1n) is 7.72. The van der Waals surface area contributed by atoms with Gasteiger partial charge in [0.2, 0.25) is 5.91 Å². The minimum atomic E-state index is -0.508. The van der Waals surface area contributed by atoms with Crippen LogP contribution >= 0.6 is 11.6 Å². The third kappa shape index (κ3) is 3.80. The summed E-state index contributed by atoms with van der Waals surface area (Å²) in [5.41, 5.74) is 1.93. The van der Waals surface area contributed by atoms with E-state index in [4.69, 9.17) is 11.6 Å². The van der Waals surface area contributed by atoms with Crippen LogP contribution in [0.15, 0.2) is 24.3 Å². The van der Waals surface area contributed by atoms with E-state index in [1.54, 1.807) is 16.7 Å². The molecule has 1 saturated heterocycles. The van der Waals surface area contributed by atoms with E-state index in [9.17, 15) is 9.59 Å². The average molecular weight is 323 g/mol. The van der Waals surface area contributed by atoms with E-state index in [0.29, 0.717) is 37.7 Å². The Balaban J connectivity index is 1.96. The summed E-state index contributed by atoms with van der Waals surface area (Å²) < 4.78 is 0. The number of hydrogen-bond acceptors (Lipinski definition) is 2. The normalized spacial score (nSPS) is 16.8. The quantitative estimate of drug-likeness (QED) is 0.803. The van der Waals surface area contributed by atoms with Gasteiger partial charge in [0.05, 0.1) is 0 Å². The molecule has 1 aromatic carbocycles. The molecule has 1 aliphatic rings. The Morgan fingerprint density at radius 3 is 1.91 bits per heavy atom. The average Bonchev–Trinajstić information content (AvgIpc) is 2.53. The molecule has 0 bridgehead atoms. The maximum absolute atomic E-state index is 12.5. The van der Waals surface area contributed by atoms with E-state index in [1.165, 1.54) is 5.56 Å². The van der Waals surface area contributed by atoms with Gasteiger partial charge in [-0.25, -0.2) is 0 Å². The van der Waals surface area contributed by atoms with Gasteiger partial charge in [-0.15, -0.1) is 11.6 Å². The number of nitrogens with zero attached hydrogens (tertiary/aromatic N) is 2. The molecular weight excluding hydrogens is 300 g/mol. The van der Waals surface area contributed by atoms with Crippen LogP contribution in [-0.2, 0) is 4.79 Å². The van der Waals surface area contributed by atoms with Gasteiger partial charge in [0.1, 0.15) is 5.38 Å². The number of hydrogen-bond donors (Lipinski definition) is 0. The summed E-state index contributed by atoms with van der Waals surface area (Å²) in [6, 6.07) is 7.78. The van der Waals surface area contributed by atoms with Crippen LogP contribution in [0.3, 0.4) is 0 Å². The Kier molecular flexibility index (Phi) is 5.46. The van der Waals surface area contributed by atoms with E-state index in [0.717, 1.165) is 0 Å². The largest absolute Gasteiger partial charge is 0.338 e. The molecule has 0 N–H and O–H groups in total. The lowest BCUT2D eigenvalue weighted by Crippen LogP contribution is -2.52. The molecule has 0 aliphatic carbocycles. The zero-order valence-electron chi connectivity index (χ0n) is 13.4. The Labute approximate surface area is 137 Å². The van der Waals surface area contributed by atoms with E-state index in [2.05, 4.69) is 13.8 Å². The summed E-state index contributed by atoms with van der Waals surface area (Å²) in [5, 5.41) is -0.508. The van der Waals surface area contributed by atoms with Gasteiger partial charge in [-0.1, -0.05) is 26.0 Å². The van der Waals surface area contributed by atoms with Gasteiger partial charge < -0.3 is 9.80 Å². The molecule has 1 atom stereocenters. The van der Waals surface area contributed by atoms with Crippen LogP contribution in [0.5, 0.6) is 0 Å². The first-order valence-corrected chi connectivity index (χ1v) is 8.16. The van der Waals surface area contributed by atoms with Crippen molar-refractivity contribution in [1.82, 2.24) is 9.80 Å². The zero-order chi connectivity index (χ0) is 16.3. The first-order chi connectivity index (χ1) is 10.4. The number of carbonyl (C=O) groups is 2. The number of rotatable bonds is 3. The highest BCUT2D eigenvalue weighted by molar-refractivity contribution is 6.30. The molecule has 1 aliphatic heterocycles. The Hall–Kier alpha value is -1.55. The molecule has 22 heavy (non-hydrogen) atoms. The molecule has 1 aromatic rings. The fraction of sp³-hybridized carbons (Fsp3) is 0.529. The molecule has 0 spiro atoms. The van der Waals surface area contributed by atoms with Gasteiger partial charge in [-0.05, 0) is 30.5 Å². The standard InChI is InChI=1S/C17H23ClN2O2/c1-12(2)14-4-6-15(7-5-14)17(22)20-10-8-19(9-11-20)16(21)13(3)18/h4-7,12-13H,8-11H2,1-3H3. The molecule has 0 aromatic heterocycles. The summed E-state index contributed by atoms with van der Waals surface area (Å²) in [5.74, 6) is 0.424. The molecule has 5 heteroatoms. The maximum Gasteiger partial charge on any atom is 0.253 e. The van der Waals surface area contributed by atoms with Crippen molar-refractivity contribution in [2.75, 3.05) is 26.2 Å². The van der Waals surface area contributed by atoms with Gasteiger partial charge in [0.25, 0.3) is 5.91 Å². The molecular formula is C17H23ClN2O2. The minimum Gasteiger partial charge on any atom is -0.338 e. The van der Waals surface area contributed by atoms with Crippen LogP contribution in [-0.4, -0.2) is 53.2 Å². The summed E-state index contributed by atoms with van der Waals surface area (Å²) in [6.07, 6.45) is 0. The van der Waals surface area contributed by atoms with Crippen molar-refractivity contribution in [2.24, 2.45) is 0 Å². The third-order valence-electron chi connectivity index (χ3n) is 4.04. The molecule has 2 amide bonds. The van der Waals surface area contributed by atoms with Crippen molar-refractivity contribution in [3.05, 3.63) is 35.4 Å². The predicted octanol–water partition coefficient (Wildman–Crippen LogP) is 2.72. The second-order valence-corrected chi connectivity index (χ2v) is 6.66. The molecule has 0 radical (unpaired) electrons. The lowest BCUT2D eigenvalue weighted by atomic mass is 10.0. The third-order valence-corrected chi connectivity index (χ3v) is 4.23. The Bertz CT molecular complexity index is 532. The summed E-state index contributed by atoms with van der Waals surface area (Å²) in [7, 11) is 0. The number of carbonyl (C=O) groups excluding carboxylic acids is 2. The lowest BCUT2D eigenvalue weighted by Gasteiger charge is -2.35. The second-order valence-electron chi connectivity index (χ2n) is 6.01. The van der Waals surface area contributed by atoms with Gasteiger partial charge >= 0.3 is 0 Å². The molecule has 1 fully saturated rings. The van der Waals surface area contributed by atoms with E-state index >= 15 is 0 Å². The van der Waals surface area contributed by atoms with Gasteiger partial charge in [0.15, 0.2) is 0 Å². The van der Waals surface area contributed by atoms with Crippen molar-refractivity contribution in [2.45, 2.75) is 32.1 Å². The fourth-order valence-electron chi connectivity index (χ4n) is 2.57. The maximum atomic E-state index is 12.5. The van der Waals surface area contributed by atoms with Crippen molar-refractivity contribution >= 4 is 23.4 Å². The number of alkyl halides is 1. The highest BCUT2D eigenvalue weighted by atomic mass is 35.5. The van der Waals surface area contributed by atoms with E-state index < -0.39 is 5.38 Å². The first kappa shape index (κ1) is 16.8. The Morgan fingerprint density at radius 2 is 1.45 bits per heavy atom. The predicted molar refractivity (Wildman–Crippen MR) is 88.3 cm³/mol. The number of amides is 2. The zero-order valence-corrected chi connectivity index (χ0v) is 14.1. The van der Waals surface area contributed by atoms with Crippen molar-refractivity contribution in [3.63, 3.8) is 0 Å². The summed E-state index contributed by atoms with van der Waals surface area (Å²) in [6.45, 7) is 8.14. The Morgan fingerprint density at radius 1 is 0.955 bits per heavy atom. The van der Waals surface area contributed by atoms with E-state index in [1.807, 2.05) is 24.3 Å². The second kappa shape index (κ2) is 7.14. The molecule has 4 nitrogen and oxygen atoms in total. The van der Waals surface area contributed by atoms with Crippen molar-refractivity contribution in [3.8, 4) is 0 Å². The lowest BCUT2D eigenvalue weighted by molar-refractivity contribution is -0.131. The van der Waals surface area contributed by atoms with Crippen LogP contribution in [0.25, 0.3) is 0 Å². The smallest absolute Gasteiger partial charge is 0.253 e. The number of halogens is 1. The topological polar surface area (TPSA) is 40.6 Å². The minimum absolute atomic E-state index is 0.0290. The van der Waals surface area contributed by atoms with Gasteiger partial charge in [-0.3, -0.25) is 9.59 Å². The highest BCUT2D eigenvalue weighted by Gasteiger charge is 2.26. The molecule has 0 saturated carbocycles. The SMILES string of the molecule is CC(Cl)C(=O)N1CCN(C(=O)c2ccc(C(C)C)cc2)CC1. The number of piperazine rings is 1. The molecule has 1 heterocycles. The van der Waals surface area contributed by atoms with Crippen LogP contribution in [0.4, 0.5) is 0 Å². The van der Waals surface area contributed by atoms with Crippen LogP contribution < -0.4 is 0 Å². The summed E-state index contributed by atoms with van der Waals surface area (Å²) in [4.78, 5) is 27.8. The van der Waals surface area contributed by atoms with Gasteiger partial charge in [0, 0.05) is 31.7 Å². The fourth-order valence-corrected chi connectivity index (χ4v) is 2.71. The number of benzene rings is 1. The summed E-state index contributed by atoms with van der Waals surface area (Å²) >= 11 is 5.82. The molecule has 2 rings (SSSR count). The van der Waals surface area contributed by atoms with Crippen molar-refractivity contribution < 1.29 is 9.59 Å². The van der Waals surface area contributed by atoms with E-state index in [-0.39, 0.29) is 11.8 Å². The molecule has 120 valence electrons.